The van der Waals surface area contributed by atoms with Gasteiger partial charge in [0.2, 0.25) is 11.6 Å². The van der Waals surface area contributed by atoms with E-state index < -0.39 is 29.0 Å². The summed E-state index contributed by atoms with van der Waals surface area (Å²) < 4.78 is 49.3. The Balaban J connectivity index is 1.67. The van der Waals surface area contributed by atoms with Crippen molar-refractivity contribution in [2.24, 2.45) is 0 Å². The van der Waals surface area contributed by atoms with E-state index in [1.54, 1.807) is 54.6 Å². The first kappa shape index (κ1) is 21.8. The normalized spacial score (nSPS) is 11.8. The fourth-order valence-electron chi connectivity index (χ4n) is 3.79. The molecular weight excluding hydrogens is 469 g/mol. The number of halogens is 4. The Morgan fingerprint density at radius 1 is 1.00 bits per heavy atom. The van der Waals surface area contributed by atoms with Crippen molar-refractivity contribution < 1.29 is 22.5 Å². The number of alkyl halides is 3. The first-order chi connectivity index (χ1) is 16.3. The molecule has 2 aromatic carbocycles. The smallest absolute Gasteiger partial charge is 0.332 e. The summed E-state index contributed by atoms with van der Waals surface area (Å²) >= 11 is 5.91. The quantitative estimate of drug-likeness (QED) is 0.286. The third kappa shape index (κ3) is 3.94. The van der Waals surface area contributed by atoms with Gasteiger partial charge in [0, 0.05) is 28.7 Å². The summed E-state index contributed by atoms with van der Waals surface area (Å²) in [5.41, 5.74) is -0.480. The maximum atomic E-state index is 14.4. The maximum Gasteiger partial charge on any atom is 0.432 e. The number of carbonyl (C=O) groups is 1. The van der Waals surface area contributed by atoms with E-state index in [-0.39, 0.29) is 23.3 Å². The molecule has 5 aromatic rings. The summed E-state index contributed by atoms with van der Waals surface area (Å²) in [4.78, 5) is 21.4. The zero-order valence-electron chi connectivity index (χ0n) is 17.3. The third-order valence-corrected chi connectivity index (χ3v) is 5.49. The first-order valence-electron chi connectivity index (χ1n) is 10.1. The van der Waals surface area contributed by atoms with Crippen molar-refractivity contribution in [3.05, 3.63) is 101 Å². The van der Waals surface area contributed by atoms with Crippen LogP contribution in [0.5, 0.6) is 0 Å². The molecule has 0 spiro atoms. The van der Waals surface area contributed by atoms with Crippen molar-refractivity contribution in [2.45, 2.75) is 12.7 Å². The van der Waals surface area contributed by atoms with Crippen LogP contribution < -0.4 is 0 Å². The van der Waals surface area contributed by atoms with Crippen LogP contribution in [0.3, 0.4) is 0 Å². The van der Waals surface area contributed by atoms with Crippen molar-refractivity contribution >= 4 is 28.3 Å². The van der Waals surface area contributed by atoms with Crippen LogP contribution in [0.4, 0.5) is 13.2 Å². The average Bonchev–Trinajstić information content (AvgIpc) is 3.44. The maximum absolute atomic E-state index is 14.4. The van der Waals surface area contributed by atoms with Crippen LogP contribution in [-0.4, -0.2) is 25.5 Å². The van der Waals surface area contributed by atoms with E-state index in [0.29, 0.717) is 16.3 Å². The summed E-state index contributed by atoms with van der Waals surface area (Å²) in [7, 11) is 0. The molecule has 0 saturated heterocycles. The van der Waals surface area contributed by atoms with Crippen LogP contribution in [-0.2, 0) is 12.7 Å². The second-order valence-electron chi connectivity index (χ2n) is 7.42. The van der Waals surface area contributed by atoms with Gasteiger partial charge in [-0.3, -0.25) is 9.78 Å². The van der Waals surface area contributed by atoms with Crippen molar-refractivity contribution in [2.75, 3.05) is 0 Å². The van der Waals surface area contributed by atoms with E-state index >= 15 is 0 Å². The number of pyridine rings is 1. The Bertz CT molecular complexity index is 1490. The molecule has 0 aliphatic heterocycles. The van der Waals surface area contributed by atoms with Crippen LogP contribution >= 0.6 is 11.6 Å². The van der Waals surface area contributed by atoms with Gasteiger partial charge in [-0.2, -0.15) is 18.2 Å². The highest BCUT2D eigenvalue weighted by atomic mass is 35.5. The molecule has 0 fully saturated rings. The molecule has 0 saturated carbocycles. The van der Waals surface area contributed by atoms with Gasteiger partial charge < -0.3 is 9.09 Å². The summed E-state index contributed by atoms with van der Waals surface area (Å²) in [5, 5.41) is 4.24. The lowest BCUT2D eigenvalue weighted by molar-refractivity contribution is -0.143. The number of carbonyl (C=O) groups excluding carboxylic acids is 1. The number of rotatable bonds is 5. The van der Waals surface area contributed by atoms with E-state index in [2.05, 4.69) is 15.1 Å². The average molecular weight is 483 g/mol. The summed E-state index contributed by atoms with van der Waals surface area (Å²) in [6.07, 6.45) is -3.34. The zero-order chi connectivity index (χ0) is 23.9. The van der Waals surface area contributed by atoms with Gasteiger partial charge in [-0.25, -0.2) is 0 Å². The van der Waals surface area contributed by atoms with Gasteiger partial charge in [0.15, 0.2) is 0 Å². The SMILES string of the molecule is O=C(c1noc(-c2ccccn2)n1)c1c(C(F)(F)F)n(Cc2ccc(Cl)cc2)c2ccccc12. The van der Waals surface area contributed by atoms with Crippen LogP contribution in [0, 0.1) is 0 Å². The number of benzene rings is 2. The van der Waals surface area contributed by atoms with Crippen molar-refractivity contribution in [1.82, 2.24) is 19.7 Å². The lowest BCUT2D eigenvalue weighted by atomic mass is 10.1. The van der Waals surface area contributed by atoms with Gasteiger partial charge >= 0.3 is 6.18 Å². The van der Waals surface area contributed by atoms with E-state index in [1.165, 1.54) is 18.3 Å². The van der Waals surface area contributed by atoms with Gasteiger partial charge in [-0.1, -0.05) is 53.2 Å². The lowest BCUT2D eigenvalue weighted by Crippen LogP contribution is -2.19. The highest BCUT2D eigenvalue weighted by Crippen LogP contribution is 2.39. The molecule has 3 aromatic heterocycles. The van der Waals surface area contributed by atoms with Crippen molar-refractivity contribution in [3.63, 3.8) is 0 Å². The predicted octanol–water partition coefficient (Wildman–Crippen LogP) is 6.04. The molecule has 3 heterocycles. The van der Waals surface area contributed by atoms with Crippen molar-refractivity contribution in [3.8, 4) is 11.6 Å². The van der Waals surface area contributed by atoms with Gasteiger partial charge in [-0.15, -0.1) is 0 Å². The molecule has 0 bridgehead atoms. The van der Waals surface area contributed by atoms with Crippen LogP contribution in [0.1, 0.15) is 27.4 Å². The molecule has 170 valence electrons. The standard InChI is InChI=1S/C24H14ClF3N4O2/c25-15-10-8-14(9-11-15)13-32-18-7-2-1-5-16(18)19(21(32)24(26,27)28)20(33)22-30-23(34-31-22)17-6-3-4-12-29-17/h1-12H,13H2. The summed E-state index contributed by atoms with van der Waals surface area (Å²) in [6, 6.07) is 17.6. The summed E-state index contributed by atoms with van der Waals surface area (Å²) in [5.74, 6) is -1.55. The fourth-order valence-corrected chi connectivity index (χ4v) is 3.91. The Morgan fingerprint density at radius 3 is 2.44 bits per heavy atom. The van der Waals surface area contributed by atoms with Gasteiger partial charge in [0.1, 0.15) is 11.4 Å². The Morgan fingerprint density at radius 2 is 1.74 bits per heavy atom. The summed E-state index contributed by atoms with van der Waals surface area (Å²) in [6.45, 7) is -0.120. The van der Waals surface area contributed by atoms with E-state index in [1.807, 2.05) is 0 Å². The highest BCUT2D eigenvalue weighted by Gasteiger charge is 2.42. The highest BCUT2D eigenvalue weighted by molar-refractivity contribution is 6.30. The number of hydrogen-bond acceptors (Lipinski definition) is 5. The molecule has 0 amide bonds. The minimum Gasteiger partial charge on any atom is -0.332 e. The number of aromatic nitrogens is 4. The fraction of sp³-hybridized carbons (Fsp3) is 0.0833. The van der Waals surface area contributed by atoms with Crippen LogP contribution in [0.15, 0.2) is 77.4 Å². The number of ketones is 1. The topological polar surface area (TPSA) is 73.8 Å². The second kappa shape index (κ2) is 8.42. The molecule has 6 nitrogen and oxygen atoms in total. The number of fused-ring (bicyclic) bond motifs is 1. The Labute approximate surface area is 195 Å². The number of hydrogen-bond donors (Lipinski definition) is 0. The first-order valence-corrected chi connectivity index (χ1v) is 10.4. The lowest BCUT2D eigenvalue weighted by Gasteiger charge is -2.14. The van der Waals surface area contributed by atoms with Crippen molar-refractivity contribution in [1.29, 1.82) is 0 Å². The molecule has 0 aliphatic carbocycles. The number of nitrogens with zero attached hydrogens (tertiary/aromatic N) is 4. The molecule has 0 N–H and O–H groups in total. The monoisotopic (exact) mass is 482 g/mol. The van der Waals surface area contributed by atoms with Crippen LogP contribution in [0.25, 0.3) is 22.5 Å². The van der Waals surface area contributed by atoms with E-state index in [9.17, 15) is 18.0 Å². The van der Waals surface area contributed by atoms with Gasteiger partial charge in [0.25, 0.3) is 5.89 Å². The Kier molecular flexibility index (Phi) is 5.41. The molecular formula is C24H14ClF3N4O2. The predicted molar refractivity (Wildman–Crippen MR) is 118 cm³/mol. The third-order valence-electron chi connectivity index (χ3n) is 5.23. The van der Waals surface area contributed by atoms with E-state index in [4.69, 9.17) is 16.1 Å². The second-order valence-corrected chi connectivity index (χ2v) is 7.85. The van der Waals surface area contributed by atoms with E-state index in [0.717, 1.165) is 4.57 Å². The molecule has 0 aliphatic rings. The van der Waals surface area contributed by atoms with Gasteiger partial charge in [-0.05, 0) is 35.9 Å². The Hall–Kier alpha value is -3.98. The minimum atomic E-state index is -4.83. The van der Waals surface area contributed by atoms with Crippen LogP contribution in [0.2, 0.25) is 5.02 Å². The minimum absolute atomic E-state index is 0.0672. The molecule has 0 radical (unpaired) electrons. The number of para-hydroxylation sites is 1. The molecule has 10 heteroatoms. The molecule has 0 atom stereocenters. The zero-order valence-corrected chi connectivity index (χ0v) is 18.0. The molecule has 5 rings (SSSR count). The molecule has 34 heavy (non-hydrogen) atoms. The largest absolute Gasteiger partial charge is 0.432 e. The van der Waals surface area contributed by atoms with Gasteiger partial charge in [0.05, 0.1) is 5.56 Å². The molecule has 0 unspecified atom stereocenters.